The third kappa shape index (κ3) is 4.20. The van der Waals surface area contributed by atoms with Crippen LogP contribution in [0.2, 0.25) is 0 Å². The molecule has 0 saturated heterocycles. The lowest BCUT2D eigenvalue weighted by Crippen LogP contribution is -2.22. The Labute approximate surface area is 114 Å². The highest BCUT2D eigenvalue weighted by Crippen LogP contribution is 2.29. The van der Waals surface area contributed by atoms with Crippen LogP contribution in [-0.2, 0) is 10.5 Å². The number of carboxylic acid groups (broad SMARTS) is 1. The Kier molecular flexibility index (Phi) is 5.29. The first kappa shape index (κ1) is 15.4. The van der Waals surface area contributed by atoms with Gasteiger partial charge in [-0.05, 0) is 18.1 Å². The van der Waals surface area contributed by atoms with Crippen molar-refractivity contribution in [1.29, 1.82) is 0 Å². The number of halogens is 1. The van der Waals surface area contributed by atoms with Crippen molar-refractivity contribution in [2.45, 2.75) is 24.9 Å². The first-order valence-electron chi connectivity index (χ1n) is 5.60. The number of thioether (sulfide) groups is 1. The van der Waals surface area contributed by atoms with E-state index in [9.17, 15) is 19.3 Å². The predicted molar refractivity (Wildman–Crippen MR) is 70.6 cm³/mol. The highest BCUT2D eigenvalue weighted by atomic mass is 32.2. The maximum absolute atomic E-state index is 13.1. The molecule has 1 rings (SSSR count). The van der Waals surface area contributed by atoms with Crippen molar-refractivity contribution in [2.75, 3.05) is 0 Å². The van der Waals surface area contributed by atoms with Gasteiger partial charge in [0.2, 0.25) is 0 Å². The van der Waals surface area contributed by atoms with Crippen LogP contribution in [0.3, 0.4) is 0 Å². The van der Waals surface area contributed by atoms with Crippen LogP contribution in [-0.4, -0.2) is 21.2 Å². The zero-order valence-electron chi connectivity index (χ0n) is 10.5. The van der Waals surface area contributed by atoms with E-state index in [2.05, 4.69) is 0 Å². The van der Waals surface area contributed by atoms with Gasteiger partial charge < -0.3 is 5.11 Å². The van der Waals surface area contributed by atoms with Gasteiger partial charge in [0, 0.05) is 17.4 Å². The van der Waals surface area contributed by atoms with Gasteiger partial charge >= 0.3 is 5.97 Å². The number of hydrogen-bond acceptors (Lipinski definition) is 4. The van der Waals surface area contributed by atoms with Crippen molar-refractivity contribution in [3.8, 4) is 0 Å². The van der Waals surface area contributed by atoms with Crippen molar-refractivity contribution in [3.05, 3.63) is 39.7 Å². The maximum atomic E-state index is 13.1. The Hall–Kier alpha value is -1.63. The third-order valence-electron chi connectivity index (χ3n) is 2.51. The van der Waals surface area contributed by atoms with E-state index in [0.29, 0.717) is 0 Å². The lowest BCUT2D eigenvalue weighted by Gasteiger charge is -2.15. The van der Waals surface area contributed by atoms with E-state index in [0.717, 1.165) is 30.0 Å². The third-order valence-corrected chi connectivity index (χ3v) is 4.09. The molecule has 7 heteroatoms. The van der Waals surface area contributed by atoms with Crippen LogP contribution in [0.25, 0.3) is 0 Å². The summed E-state index contributed by atoms with van der Waals surface area (Å²) in [6.07, 6.45) is 0. The van der Waals surface area contributed by atoms with E-state index in [1.54, 1.807) is 13.8 Å². The molecule has 0 bridgehead atoms. The number of benzene rings is 1. The second-order valence-corrected chi connectivity index (χ2v) is 5.47. The Morgan fingerprint density at radius 1 is 1.53 bits per heavy atom. The minimum atomic E-state index is -0.973. The van der Waals surface area contributed by atoms with Crippen molar-refractivity contribution in [3.63, 3.8) is 0 Å². The quantitative estimate of drug-likeness (QED) is 0.642. The van der Waals surface area contributed by atoms with Crippen LogP contribution in [0.15, 0.2) is 18.2 Å². The van der Waals surface area contributed by atoms with Gasteiger partial charge in [0.05, 0.1) is 4.92 Å². The van der Waals surface area contributed by atoms with Gasteiger partial charge in [-0.1, -0.05) is 13.8 Å². The second kappa shape index (κ2) is 6.51. The zero-order chi connectivity index (χ0) is 14.6. The molecule has 1 atom stereocenters. The number of hydrogen-bond donors (Lipinski definition) is 1. The Morgan fingerprint density at radius 2 is 2.16 bits per heavy atom. The largest absolute Gasteiger partial charge is 0.480 e. The molecule has 0 aliphatic rings. The molecule has 19 heavy (non-hydrogen) atoms. The summed E-state index contributed by atoms with van der Waals surface area (Å²) in [5, 5.41) is 19.2. The van der Waals surface area contributed by atoms with Crippen molar-refractivity contribution in [1.82, 2.24) is 0 Å². The standard InChI is InChI=1S/C12H14FNO4S/c1-7(2)11(12(15)16)19-6-8-5-9(13)3-4-10(8)14(17)18/h3-5,7,11H,6H2,1-2H3,(H,15,16). The molecule has 104 valence electrons. The molecule has 0 amide bonds. The molecule has 1 aromatic rings. The van der Waals surface area contributed by atoms with Crippen molar-refractivity contribution >= 4 is 23.4 Å². The minimum Gasteiger partial charge on any atom is -0.480 e. The molecule has 0 fully saturated rings. The Balaban J connectivity index is 2.90. The monoisotopic (exact) mass is 287 g/mol. The average molecular weight is 287 g/mol. The van der Waals surface area contributed by atoms with Crippen LogP contribution in [0.1, 0.15) is 19.4 Å². The summed E-state index contributed by atoms with van der Waals surface area (Å²) in [7, 11) is 0. The van der Waals surface area contributed by atoms with E-state index in [1.807, 2.05) is 0 Å². The molecule has 1 aromatic carbocycles. The minimum absolute atomic E-state index is 0.0865. The summed E-state index contributed by atoms with van der Waals surface area (Å²) in [5.41, 5.74) is 0.00342. The summed E-state index contributed by atoms with van der Waals surface area (Å²) in [4.78, 5) is 21.2. The van der Waals surface area contributed by atoms with E-state index < -0.39 is 22.0 Å². The number of carboxylic acids is 1. The molecule has 0 spiro atoms. The molecule has 1 N–H and O–H groups in total. The molecule has 0 heterocycles. The molecular formula is C12H14FNO4S. The summed E-state index contributed by atoms with van der Waals surface area (Å²) >= 11 is 1.06. The predicted octanol–water partition coefficient (Wildman–Crippen LogP) is 3.08. The van der Waals surface area contributed by atoms with Crippen LogP contribution in [0.5, 0.6) is 0 Å². The van der Waals surface area contributed by atoms with Crippen molar-refractivity contribution < 1.29 is 19.2 Å². The highest BCUT2D eigenvalue weighted by molar-refractivity contribution is 7.99. The normalized spacial score (nSPS) is 12.4. The van der Waals surface area contributed by atoms with E-state index in [1.165, 1.54) is 0 Å². The summed E-state index contributed by atoms with van der Waals surface area (Å²) in [5.74, 6) is -1.57. The fraction of sp³-hybridized carbons (Fsp3) is 0.417. The lowest BCUT2D eigenvalue weighted by molar-refractivity contribution is -0.385. The second-order valence-electron chi connectivity index (χ2n) is 4.34. The Morgan fingerprint density at radius 3 is 2.63 bits per heavy atom. The maximum Gasteiger partial charge on any atom is 0.316 e. The Bertz CT molecular complexity index is 493. The number of nitro groups is 1. The van der Waals surface area contributed by atoms with Crippen molar-refractivity contribution in [2.24, 2.45) is 5.92 Å². The topological polar surface area (TPSA) is 80.4 Å². The van der Waals surface area contributed by atoms with Gasteiger partial charge in [0.1, 0.15) is 11.1 Å². The number of rotatable bonds is 6. The van der Waals surface area contributed by atoms with Crippen LogP contribution in [0, 0.1) is 21.8 Å². The number of nitrogens with zero attached hydrogens (tertiary/aromatic N) is 1. The summed E-state index contributed by atoms with van der Waals surface area (Å²) < 4.78 is 13.1. The fourth-order valence-corrected chi connectivity index (χ4v) is 2.69. The van der Waals surface area contributed by atoms with Crippen LogP contribution >= 0.6 is 11.8 Å². The van der Waals surface area contributed by atoms with Gasteiger partial charge in [-0.2, -0.15) is 0 Å². The molecule has 1 unspecified atom stereocenters. The zero-order valence-corrected chi connectivity index (χ0v) is 11.3. The fourth-order valence-electron chi connectivity index (χ4n) is 1.58. The molecule has 0 aromatic heterocycles. The molecule has 5 nitrogen and oxygen atoms in total. The van der Waals surface area contributed by atoms with Gasteiger partial charge in [-0.15, -0.1) is 11.8 Å². The van der Waals surface area contributed by atoms with Gasteiger partial charge in [-0.3, -0.25) is 14.9 Å². The SMILES string of the molecule is CC(C)C(SCc1cc(F)ccc1[N+](=O)[O-])C(=O)O. The summed E-state index contributed by atoms with van der Waals surface area (Å²) in [6.45, 7) is 3.51. The smallest absolute Gasteiger partial charge is 0.316 e. The van der Waals surface area contributed by atoms with Gasteiger partial charge in [-0.25, -0.2) is 4.39 Å². The first-order valence-corrected chi connectivity index (χ1v) is 6.65. The molecule has 0 radical (unpaired) electrons. The van der Waals surface area contributed by atoms with E-state index in [-0.39, 0.29) is 22.9 Å². The van der Waals surface area contributed by atoms with Crippen LogP contribution in [0.4, 0.5) is 10.1 Å². The highest BCUT2D eigenvalue weighted by Gasteiger charge is 2.23. The average Bonchev–Trinajstić information content (AvgIpc) is 2.27. The summed E-state index contributed by atoms with van der Waals surface area (Å²) in [6, 6.07) is 3.18. The number of nitro benzene ring substituents is 1. The lowest BCUT2D eigenvalue weighted by atomic mass is 10.1. The van der Waals surface area contributed by atoms with Gasteiger partial charge in [0.25, 0.3) is 5.69 Å². The van der Waals surface area contributed by atoms with Crippen LogP contribution < -0.4 is 0 Å². The molecule has 0 aliphatic heterocycles. The molecular weight excluding hydrogens is 273 g/mol. The number of aliphatic carboxylic acids is 1. The number of carbonyl (C=O) groups is 1. The first-order chi connectivity index (χ1) is 8.82. The van der Waals surface area contributed by atoms with Gasteiger partial charge in [0.15, 0.2) is 0 Å². The van der Waals surface area contributed by atoms with E-state index in [4.69, 9.17) is 5.11 Å². The molecule has 0 aliphatic carbocycles. The van der Waals surface area contributed by atoms with E-state index >= 15 is 0 Å². The molecule has 0 saturated carbocycles.